The molecule has 0 saturated carbocycles. The van der Waals surface area contributed by atoms with Crippen LogP contribution in [-0.4, -0.2) is 31.6 Å². The van der Waals surface area contributed by atoms with Crippen LogP contribution < -0.4 is 10.5 Å². The van der Waals surface area contributed by atoms with E-state index >= 15 is 0 Å². The van der Waals surface area contributed by atoms with Gasteiger partial charge in [0.1, 0.15) is 17.7 Å². The van der Waals surface area contributed by atoms with Gasteiger partial charge in [0.25, 0.3) is 0 Å². The van der Waals surface area contributed by atoms with Crippen molar-refractivity contribution in [3.63, 3.8) is 0 Å². The summed E-state index contributed by atoms with van der Waals surface area (Å²) in [5.41, 5.74) is 5.68. The average molecular weight is 287 g/mol. The van der Waals surface area contributed by atoms with Crippen LogP contribution in [0.2, 0.25) is 0 Å². The number of benzene rings is 1. The lowest BCUT2D eigenvalue weighted by Gasteiger charge is -2.19. The summed E-state index contributed by atoms with van der Waals surface area (Å²) < 4.78 is 42.6. The summed E-state index contributed by atoms with van der Waals surface area (Å²) in [5, 5.41) is 0. The first kappa shape index (κ1) is 14.3. The molecule has 0 spiro atoms. The zero-order valence-corrected chi connectivity index (χ0v) is 11.8. The number of hydrogen-bond acceptors (Lipinski definition) is 4. The molecule has 2 N–H and O–H groups in total. The van der Waals surface area contributed by atoms with E-state index in [1.165, 1.54) is 18.2 Å². The van der Waals surface area contributed by atoms with Crippen molar-refractivity contribution in [2.24, 2.45) is 5.73 Å². The third kappa shape index (κ3) is 3.91. The summed E-state index contributed by atoms with van der Waals surface area (Å²) in [4.78, 5) is 0. The molecule has 6 heteroatoms. The van der Waals surface area contributed by atoms with Crippen molar-refractivity contribution in [3.8, 4) is 5.75 Å². The summed E-state index contributed by atoms with van der Waals surface area (Å²) in [6.07, 6.45) is -0.0405. The van der Waals surface area contributed by atoms with Gasteiger partial charge in [-0.1, -0.05) is 0 Å². The molecule has 19 heavy (non-hydrogen) atoms. The largest absolute Gasteiger partial charge is 0.489 e. The van der Waals surface area contributed by atoms with E-state index in [4.69, 9.17) is 10.5 Å². The van der Waals surface area contributed by atoms with E-state index in [0.717, 1.165) is 0 Å². The van der Waals surface area contributed by atoms with E-state index < -0.39 is 21.5 Å². The Kier molecular flexibility index (Phi) is 3.57. The van der Waals surface area contributed by atoms with Crippen LogP contribution in [-0.2, 0) is 16.3 Å². The van der Waals surface area contributed by atoms with Crippen molar-refractivity contribution in [1.82, 2.24) is 0 Å². The van der Waals surface area contributed by atoms with E-state index in [2.05, 4.69) is 0 Å². The van der Waals surface area contributed by atoms with Crippen molar-refractivity contribution in [1.29, 1.82) is 0 Å². The zero-order valence-electron chi connectivity index (χ0n) is 11.0. The molecule has 0 radical (unpaired) electrons. The number of hydrogen-bond donors (Lipinski definition) is 1. The monoisotopic (exact) mass is 287 g/mol. The van der Waals surface area contributed by atoms with Crippen molar-refractivity contribution in [3.05, 3.63) is 29.6 Å². The zero-order chi connectivity index (χ0) is 14.3. The van der Waals surface area contributed by atoms with Gasteiger partial charge in [-0.05, 0) is 32.0 Å². The molecule has 1 aromatic rings. The highest BCUT2D eigenvalue weighted by atomic mass is 32.2. The lowest BCUT2D eigenvalue weighted by Crippen LogP contribution is -2.42. The molecule has 0 aromatic heterocycles. The van der Waals surface area contributed by atoms with Crippen LogP contribution in [0.5, 0.6) is 5.75 Å². The molecule has 0 aliphatic carbocycles. The van der Waals surface area contributed by atoms with Gasteiger partial charge in [0, 0.05) is 17.5 Å². The van der Waals surface area contributed by atoms with Crippen LogP contribution >= 0.6 is 0 Å². The molecule has 1 aliphatic heterocycles. The highest BCUT2D eigenvalue weighted by Gasteiger charge is 2.30. The molecular weight excluding hydrogens is 269 g/mol. The molecule has 1 unspecified atom stereocenters. The van der Waals surface area contributed by atoms with E-state index in [1.807, 2.05) is 0 Å². The second-order valence-electron chi connectivity index (χ2n) is 5.74. The van der Waals surface area contributed by atoms with Gasteiger partial charge in [0.15, 0.2) is 9.84 Å². The van der Waals surface area contributed by atoms with E-state index in [9.17, 15) is 12.8 Å². The van der Waals surface area contributed by atoms with Crippen LogP contribution in [0, 0.1) is 5.82 Å². The van der Waals surface area contributed by atoms with Gasteiger partial charge in [0.05, 0.1) is 11.5 Å². The summed E-state index contributed by atoms with van der Waals surface area (Å²) in [5.74, 6) is 0.0386. The minimum atomic E-state index is -3.29. The molecule has 1 aromatic carbocycles. The standard InChI is InChI=1S/C13H18FNO3S/c1-13(2,15)8-19(16,17)7-11-6-9-5-10(14)3-4-12(9)18-11/h3-5,11H,6-8,15H2,1-2H3. The quantitative estimate of drug-likeness (QED) is 0.905. The molecule has 4 nitrogen and oxygen atoms in total. The Morgan fingerprint density at radius 1 is 1.47 bits per heavy atom. The smallest absolute Gasteiger partial charge is 0.155 e. The van der Waals surface area contributed by atoms with Crippen molar-refractivity contribution < 1.29 is 17.5 Å². The highest BCUT2D eigenvalue weighted by Crippen LogP contribution is 2.30. The van der Waals surface area contributed by atoms with Crippen molar-refractivity contribution in [2.45, 2.75) is 31.9 Å². The summed E-state index contributed by atoms with van der Waals surface area (Å²) in [6, 6.07) is 4.22. The minimum Gasteiger partial charge on any atom is -0.489 e. The average Bonchev–Trinajstić information content (AvgIpc) is 2.53. The van der Waals surface area contributed by atoms with Crippen molar-refractivity contribution in [2.75, 3.05) is 11.5 Å². The lowest BCUT2D eigenvalue weighted by molar-refractivity contribution is 0.256. The maximum Gasteiger partial charge on any atom is 0.155 e. The van der Waals surface area contributed by atoms with E-state index in [-0.39, 0.29) is 17.3 Å². The maximum atomic E-state index is 13.1. The van der Waals surface area contributed by atoms with Gasteiger partial charge < -0.3 is 10.5 Å². The van der Waals surface area contributed by atoms with Gasteiger partial charge in [-0.2, -0.15) is 0 Å². The summed E-state index contributed by atoms with van der Waals surface area (Å²) >= 11 is 0. The van der Waals surface area contributed by atoms with Gasteiger partial charge >= 0.3 is 0 Å². The number of nitrogens with two attached hydrogens (primary N) is 1. The molecule has 1 atom stereocenters. The first-order valence-electron chi connectivity index (χ1n) is 6.09. The third-order valence-corrected chi connectivity index (χ3v) is 4.86. The second-order valence-corrected chi connectivity index (χ2v) is 7.85. The molecule has 0 fully saturated rings. The van der Waals surface area contributed by atoms with Crippen molar-refractivity contribution >= 4 is 9.84 Å². The van der Waals surface area contributed by atoms with E-state index in [1.54, 1.807) is 13.8 Å². The molecule has 2 rings (SSSR count). The maximum absolute atomic E-state index is 13.1. The molecule has 0 saturated heterocycles. The third-order valence-electron chi connectivity index (χ3n) is 2.80. The Bertz CT molecular complexity index is 578. The number of fused-ring (bicyclic) bond motifs is 1. The summed E-state index contributed by atoms with van der Waals surface area (Å²) in [7, 11) is -3.29. The van der Waals surface area contributed by atoms with Gasteiger partial charge in [-0.25, -0.2) is 12.8 Å². The number of halogens is 1. The van der Waals surface area contributed by atoms with Crippen LogP contribution in [0.1, 0.15) is 19.4 Å². The lowest BCUT2D eigenvalue weighted by atomic mass is 10.1. The van der Waals surface area contributed by atoms with Gasteiger partial charge in [0.2, 0.25) is 0 Å². The predicted molar refractivity (Wildman–Crippen MR) is 71.4 cm³/mol. The summed E-state index contributed by atoms with van der Waals surface area (Å²) in [6.45, 7) is 3.34. The van der Waals surface area contributed by atoms with Gasteiger partial charge in [-0.15, -0.1) is 0 Å². The fourth-order valence-corrected chi connectivity index (χ4v) is 4.29. The first-order chi connectivity index (χ1) is 8.65. The number of sulfone groups is 1. The SMILES string of the molecule is CC(C)(N)CS(=O)(=O)CC1Cc2cc(F)ccc2O1. The molecule has 1 aliphatic rings. The fraction of sp³-hybridized carbons (Fsp3) is 0.538. The van der Waals surface area contributed by atoms with Crippen LogP contribution in [0.25, 0.3) is 0 Å². The Balaban J connectivity index is 2.04. The number of ether oxygens (including phenoxy) is 1. The highest BCUT2D eigenvalue weighted by molar-refractivity contribution is 7.91. The Morgan fingerprint density at radius 2 is 2.16 bits per heavy atom. The minimum absolute atomic E-state index is 0.0927. The molecule has 1 heterocycles. The Hall–Kier alpha value is -1.14. The van der Waals surface area contributed by atoms with Gasteiger partial charge in [-0.3, -0.25) is 0 Å². The second kappa shape index (κ2) is 4.76. The normalized spacial score (nSPS) is 19.1. The molecule has 0 bridgehead atoms. The first-order valence-corrected chi connectivity index (χ1v) is 7.91. The molecule has 0 amide bonds. The van der Waals surface area contributed by atoms with E-state index in [0.29, 0.717) is 17.7 Å². The predicted octanol–water partition coefficient (Wildman–Crippen LogP) is 1.28. The van der Waals surface area contributed by atoms with Crippen LogP contribution in [0.4, 0.5) is 4.39 Å². The molecule has 106 valence electrons. The Labute approximate surface area is 112 Å². The number of rotatable bonds is 4. The topological polar surface area (TPSA) is 69.4 Å². The van der Waals surface area contributed by atoms with Crippen LogP contribution in [0.15, 0.2) is 18.2 Å². The van der Waals surface area contributed by atoms with Crippen LogP contribution in [0.3, 0.4) is 0 Å². The fourth-order valence-electron chi connectivity index (χ4n) is 2.29. The Morgan fingerprint density at radius 3 is 2.79 bits per heavy atom. The molecular formula is C13H18FNO3S.